The van der Waals surface area contributed by atoms with Crippen molar-refractivity contribution in [2.24, 2.45) is 0 Å². The molecule has 0 atom stereocenters. The number of hydrogen-bond acceptors (Lipinski definition) is 4. The number of sulfonamides is 1. The van der Waals surface area contributed by atoms with Crippen molar-refractivity contribution in [1.82, 2.24) is 4.31 Å². The van der Waals surface area contributed by atoms with Crippen LogP contribution in [0.5, 0.6) is 0 Å². The van der Waals surface area contributed by atoms with E-state index >= 15 is 0 Å². The third-order valence-corrected chi connectivity index (χ3v) is 6.91. The van der Waals surface area contributed by atoms with Crippen molar-refractivity contribution in [3.05, 3.63) is 58.6 Å². The van der Waals surface area contributed by atoms with Crippen LogP contribution in [0, 0.1) is 0 Å². The van der Waals surface area contributed by atoms with Crippen molar-refractivity contribution in [2.45, 2.75) is 31.1 Å². The first-order valence-electron chi connectivity index (χ1n) is 9.01. The molecule has 1 N–H and O–H groups in total. The third-order valence-electron chi connectivity index (χ3n) is 4.68. The van der Waals surface area contributed by atoms with Gasteiger partial charge in [-0.15, -0.1) is 0 Å². The number of halogens is 1. The van der Waals surface area contributed by atoms with Crippen molar-refractivity contribution in [1.29, 1.82) is 0 Å². The highest BCUT2D eigenvalue weighted by Crippen LogP contribution is 2.26. The molecule has 0 unspecified atom stereocenters. The van der Waals surface area contributed by atoms with E-state index in [1.165, 1.54) is 29.4 Å². The van der Waals surface area contributed by atoms with Crippen molar-refractivity contribution < 1.29 is 18.0 Å². The fraction of sp³-hybridized carbons (Fsp3) is 0.300. The van der Waals surface area contributed by atoms with Gasteiger partial charge in [-0.25, -0.2) is 8.42 Å². The molecule has 148 valence electrons. The first-order chi connectivity index (χ1) is 13.3. The van der Waals surface area contributed by atoms with Crippen LogP contribution in [-0.2, 0) is 10.0 Å². The third kappa shape index (κ3) is 4.43. The Balaban J connectivity index is 1.84. The van der Waals surface area contributed by atoms with E-state index in [9.17, 15) is 18.0 Å². The molecule has 0 radical (unpaired) electrons. The number of carbonyl (C=O) groups is 2. The molecule has 3 rings (SSSR count). The summed E-state index contributed by atoms with van der Waals surface area (Å²) in [5, 5.41) is 2.84. The number of carbonyl (C=O) groups excluding carboxylic acids is 2. The van der Waals surface area contributed by atoms with Gasteiger partial charge in [0.15, 0.2) is 5.78 Å². The predicted octanol–water partition coefficient (Wildman–Crippen LogP) is 3.97. The maximum absolute atomic E-state index is 12.9. The van der Waals surface area contributed by atoms with Crippen LogP contribution in [0.1, 0.15) is 46.9 Å². The topological polar surface area (TPSA) is 83.5 Å². The fourth-order valence-electron chi connectivity index (χ4n) is 3.08. The van der Waals surface area contributed by atoms with Gasteiger partial charge in [-0.2, -0.15) is 4.31 Å². The second kappa shape index (κ2) is 8.43. The average Bonchev–Trinajstić information content (AvgIpc) is 2.69. The number of anilines is 1. The second-order valence-corrected chi connectivity index (χ2v) is 9.04. The van der Waals surface area contributed by atoms with E-state index in [0.29, 0.717) is 24.3 Å². The monoisotopic (exact) mass is 420 g/mol. The first kappa shape index (κ1) is 20.5. The molecule has 0 spiro atoms. The number of Topliss-reactive ketones (excluding diaryl/α,β-unsaturated/α-hetero) is 1. The minimum Gasteiger partial charge on any atom is -0.322 e. The SMILES string of the molecule is CC(=O)c1ccc(NC(=O)c2cc(S(=O)(=O)N3CCCCC3)ccc2Cl)cc1. The van der Waals surface area contributed by atoms with E-state index in [2.05, 4.69) is 5.32 Å². The molecule has 0 aliphatic carbocycles. The highest BCUT2D eigenvalue weighted by atomic mass is 35.5. The molecule has 1 saturated heterocycles. The number of piperidine rings is 1. The van der Waals surface area contributed by atoms with Gasteiger partial charge in [0.1, 0.15) is 0 Å². The van der Waals surface area contributed by atoms with Crippen LogP contribution in [0.15, 0.2) is 47.4 Å². The molecule has 8 heteroatoms. The van der Waals surface area contributed by atoms with Crippen molar-refractivity contribution in [3.63, 3.8) is 0 Å². The Bertz CT molecular complexity index is 997. The van der Waals surface area contributed by atoms with Crippen LogP contribution in [0.2, 0.25) is 5.02 Å². The van der Waals surface area contributed by atoms with Gasteiger partial charge in [0.2, 0.25) is 10.0 Å². The summed E-state index contributed by atoms with van der Waals surface area (Å²) >= 11 is 6.15. The van der Waals surface area contributed by atoms with Gasteiger partial charge in [-0.05, 0) is 62.2 Å². The van der Waals surface area contributed by atoms with Gasteiger partial charge in [0.05, 0.1) is 15.5 Å². The molecule has 1 fully saturated rings. The second-order valence-electron chi connectivity index (χ2n) is 6.69. The number of ketones is 1. The van der Waals surface area contributed by atoms with Crippen LogP contribution in [0.4, 0.5) is 5.69 Å². The normalized spacial score (nSPS) is 15.2. The van der Waals surface area contributed by atoms with Gasteiger partial charge in [-0.3, -0.25) is 9.59 Å². The molecule has 0 bridgehead atoms. The summed E-state index contributed by atoms with van der Waals surface area (Å²) in [6.45, 7) is 2.42. The van der Waals surface area contributed by atoms with Crippen LogP contribution < -0.4 is 5.32 Å². The Labute approximate surface area is 169 Å². The van der Waals surface area contributed by atoms with E-state index in [4.69, 9.17) is 11.6 Å². The van der Waals surface area contributed by atoms with Crippen molar-refractivity contribution >= 4 is 39.0 Å². The fourth-order valence-corrected chi connectivity index (χ4v) is 4.83. The van der Waals surface area contributed by atoms with E-state index in [1.807, 2.05) is 0 Å². The average molecular weight is 421 g/mol. The van der Waals surface area contributed by atoms with E-state index in [1.54, 1.807) is 24.3 Å². The summed E-state index contributed by atoms with van der Waals surface area (Å²) in [5.41, 5.74) is 1.09. The molecule has 1 aliphatic heterocycles. The zero-order valence-electron chi connectivity index (χ0n) is 15.4. The molecule has 2 aromatic rings. The molecule has 2 aromatic carbocycles. The summed E-state index contributed by atoms with van der Waals surface area (Å²) in [4.78, 5) is 24.0. The maximum atomic E-state index is 12.9. The lowest BCUT2D eigenvalue weighted by molar-refractivity contribution is 0.101. The quantitative estimate of drug-likeness (QED) is 0.742. The molecule has 0 aromatic heterocycles. The molecule has 0 saturated carbocycles. The van der Waals surface area contributed by atoms with Crippen LogP contribution >= 0.6 is 11.6 Å². The van der Waals surface area contributed by atoms with E-state index < -0.39 is 15.9 Å². The van der Waals surface area contributed by atoms with E-state index in [-0.39, 0.29) is 21.3 Å². The first-order valence-corrected chi connectivity index (χ1v) is 10.8. The van der Waals surface area contributed by atoms with Gasteiger partial charge in [-0.1, -0.05) is 18.0 Å². The van der Waals surface area contributed by atoms with Gasteiger partial charge in [0, 0.05) is 24.3 Å². The summed E-state index contributed by atoms with van der Waals surface area (Å²) in [6, 6.07) is 10.6. The Kier molecular flexibility index (Phi) is 6.17. The summed E-state index contributed by atoms with van der Waals surface area (Å²) in [6.07, 6.45) is 2.68. The lowest BCUT2D eigenvalue weighted by Gasteiger charge is -2.26. The zero-order chi connectivity index (χ0) is 20.3. The minimum atomic E-state index is -3.67. The van der Waals surface area contributed by atoms with Gasteiger partial charge in [0.25, 0.3) is 5.91 Å². The summed E-state index contributed by atoms with van der Waals surface area (Å²) in [5.74, 6) is -0.590. The molecule has 6 nitrogen and oxygen atoms in total. The van der Waals surface area contributed by atoms with Crippen molar-refractivity contribution in [3.8, 4) is 0 Å². The van der Waals surface area contributed by atoms with E-state index in [0.717, 1.165) is 19.3 Å². The summed E-state index contributed by atoms with van der Waals surface area (Å²) < 4.78 is 27.2. The molecule has 28 heavy (non-hydrogen) atoms. The maximum Gasteiger partial charge on any atom is 0.257 e. The molecule has 1 amide bonds. The van der Waals surface area contributed by atoms with Gasteiger partial charge >= 0.3 is 0 Å². The Morgan fingerprint density at radius 3 is 2.25 bits per heavy atom. The van der Waals surface area contributed by atoms with Crippen molar-refractivity contribution in [2.75, 3.05) is 18.4 Å². The van der Waals surface area contributed by atoms with Gasteiger partial charge < -0.3 is 5.32 Å². The highest BCUT2D eigenvalue weighted by Gasteiger charge is 2.27. The minimum absolute atomic E-state index is 0.0517. The van der Waals surface area contributed by atoms with Crippen LogP contribution in [0.25, 0.3) is 0 Å². The predicted molar refractivity (Wildman–Crippen MR) is 108 cm³/mol. The van der Waals surface area contributed by atoms with Crippen LogP contribution in [-0.4, -0.2) is 37.5 Å². The largest absolute Gasteiger partial charge is 0.322 e. The molecular formula is C20H21ClN2O4S. The molecular weight excluding hydrogens is 400 g/mol. The molecule has 1 aliphatic rings. The number of nitrogens with zero attached hydrogens (tertiary/aromatic N) is 1. The lowest BCUT2D eigenvalue weighted by atomic mass is 10.1. The number of hydrogen-bond donors (Lipinski definition) is 1. The summed E-state index contributed by atoms with van der Waals surface area (Å²) in [7, 11) is -3.67. The Morgan fingerprint density at radius 1 is 1.00 bits per heavy atom. The number of amides is 1. The number of nitrogens with one attached hydrogen (secondary N) is 1. The smallest absolute Gasteiger partial charge is 0.257 e. The Morgan fingerprint density at radius 2 is 1.64 bits per heavy atom. The number of benzene rings is 2. The highest BCUT2D eigenvalue weighted by molar-refractivity contribution is 7.89. The number of rotatable bonds is 5. The molecule has 1 heterocycles. The zero-order valence-corrected chi connectivity index (χ0v) is 17.0. The standard InChI is InChI=1S/C20H21ClN2O4S/c1-14(24)15-5-7-16(8-6-15)22-20(25)18-13-17(9-10-19(18)21)28(26,27)23-11-3-2-4-12-23/h5-10,13H,2-4,11-12H2,1H3,(H,22,25). The lowest BCUT2D eigenvalue weighted by Crippen LogP contribution is -2.35. The Hall–Kier alpha value is -2.22. The van der Waals surface area contributed by atoms with Crippen LogP contribution in [0.3, 0.4) is 0 Å².